The Morgan fingerprint density at radius 1 is 1.09 bits per heavy atom. The normalized spacial score (nSPS) is 11.3. The van der Waals surface area contributed by atoms with Crippen molar-refractivity contribution in [1.29, 1.82) is 0 Å². The van der Waals surface area contributed by atoms with Gasteiger partial charge in [-0.05, 0) is 51.5 Å². The number of nitrogens with zero attached hydrogens (tertiary/aromatic N) is 1. The molecule has 0 bridgehead atoms. The van der Waals surface area contributed by atoms with Crippen LogP contribution in [-0.4, -0.2) is 34.5 Å². The molecule has 2 aromatic carbocycles. The Morgan fingerprint density at radius 3 is 2.50 bits per heavy atom. The predicted octanol–water partition coefficient (Wildman–Crippen LogP) is 5.00. The summed E-state index contributed by atoms with van der Waals surface area (Å²) in [6.45, 7) is 8.55. The van der Waals surface area contributed by atoms with Crippen LogP contribution in [0.15, 0.2) is 64.4 Å². The van der Waals surface area contributed by atoms with Gasteiger partial charge in [0, 0.05) is 35.3 Å². The van der Waals surface area contributed by atoms with Crippen LogP contribution in [-0.2, 0) is 22.6 Å². The van der Waals surface area contributed by atoms with Crippen molar-refractivity contribution in [2.45, 2.75) is 51.3 Å². The van der Waals surface area contributed by atoms with Crippen LogP contribution in [0.1, 0.15) is 43.6 Å². The fourth-order valence-electron chi connectivity index (χ4n) is 3.30. The average molecular weight is 483 g/mol. The maximum absolute atomic E-state index is 13.0. The maximum atomic E-state index is 13.0. The molecule has 0 aliphatic carbocycles. The number of carbonyl (C=O) groups excluding carboxylic acids is 2. The van der Waals surface area contributed by atoms with E-state index in [9.17, 15) is 14.4 Å². The summed E-state index contributed by atoms with van der Waals surface area (Å²) >= 11 is 1.56. The third-order valence-electron chi connectivity index (χ3n) is 4.87. The second-order valence-electron chi connectivity index (χ2n) is 8.68. The summed E-state index contributed by atoms with van der Waals surface area (Å²) in [6, 6.07) is 14.9. The van der Waals surface area contributed by atoms with Gasteiger partial charge in [0.2, 0.25) is 5.43 Å². The fraction of sp³-hybridized carbons (Fsp3) is 0.346. The number of aromatic nitrogens is 1. The van der Waals surface area contributed by atoms with Gasteiger partial charge in [0.25, 0.3) is 0 Å². The number of carbonyl (C=O) groups is 2. The number of thioether (sulfide) groups is 1. The number of rotatable bonds is 8. The molecule has 1 N–H and O–H groups in total. The molecule has 0 spiro atoms. The number of fused-ring (bicyclic) bond motifs is 1. The first-order chi connectivity index (χ1) is 16.2. The molecule has 3 aromatic rings. The fourth-order valence-corrected chi connectivity index (χ4v) is 4.10. The van der Waals surface area contributed by atoms with Gasteiger partial charge in [0.15, 0.2) is 0 Å². The molecule has 0 atom stereocenters. The number of amides is 1. The summed E-state index contributed by atoms with van der Waals surface area (Å²) in [5.74, 6) is 0.00924. The number of hydrogen-bond donors (Lipinski definition) is 1. The summed E-state index contributed by atoms with van der Waals surface area (Å²) in [7, 11) is 0. The van der Waals surface area contributed by atoms with E-state index in [1.807, 2.05) is 74.7 Å². The zero-order valence-corrected chi connectivity index (χ0v) is 20.7. The van der Waals surface area contributed by atoms with E-state index >= 15 is 0 Å². The van der Waals surface area contributed by atoms with Crippen molar-refractivity contribution < 1.29 is 19.1 Å². The molecule has 0 fully saturated rings. The molecule has 1 amide bonds. The Balaban J connectivity index is 1.70. The van der Waals surface area contributed by atoms with Gasteiger partial charge in [0.05, 0.1) is 5.52 Å². The van der Waals surface area contributed by atoms with Gasteiger partial charge in [-0.25, -0.2) is 9.59 Å². The van der Waals surface area contributed by atoms with Crippen LogP contribution in [0, 0.1) is 0 Å². The second-order valence-corrected chi connectivity index (χ2v) is 9.84. The van der Waals surface area contributed by atoms with Crippen LogP contribution in [0.4, 0.5) is 4.79 Å². The van der Waals surface area contributed by atoms with Crippen molar-refractivity contribution >= 4 is 34.7 Å². The number of alkyl carbamates (subject to hydrolysis) is 1. The lowest BCUT2D eigenvalue weighted by atomic mass is 10.1. The van der Waals surface area contributed by atoms with E-state index in [1.54, 1.807) is 24.0 Å². The number of aryl methyl sites for hydroxylation is 1. The molecule has 1 heterocycles. The Kier molecular flexibility index (Phi) is 8.39. The molecule has 1 aromatic heterocycles. The number of nitrogens with one attached hydrogen (secondary N) is 1. The Bertz CT molecular complexity index is 1220. The van der Waals surface area contributed by atoms with Gasteiger partial charge in [-0.15, -0.1) is 11.8 Å². The zero-order chi connectivity index (χ0) is 24.7. The molecular formula is C26H30N2O5S. The van der Waals surface area contributed by atoms with Crippen molar-refractivity contribution in [3.05, 3.63) is 76.1 Å². The van der Waals surface area contributed by atoms with Crippen LogP contribution in [0.5, 0.6) is 0 Å². The number of esters is 1. The lowest BCUT2D eigenvalue weighted by Gasteiger charge is -2.19. The summed E-state index contributed by atoms with van der Waals surface area (Å²) in [4.78, 5) is 38.4. The van der Waals surface area contributed by atoms with Gasteiger partial charge in [-0.3, -0.25) is 4.79 Å². The monoisotopic (exact) mass is 482 g/mol. The molecule has 0 radical (unpaired) electrons. The molecule has 8 heteroatoms. The first kappa shape index (κ1) is 25.4. The Hall–Kier alpha value is -3.26. The highest BCUT2D eigenvalue weighted by Crippen LogP contribution is 2.23. The molecule has 0 aliphatic rings. The number of hydrogen-bond acceptors (Lipinski definition) is 6. The Labute approximate surface area is 203 Å². The van der Waals surface area contributed by atoms with Crippen molar-refractivity contribution in [3.63, 3.8) is 0 Å². The van der Waals surface area contributed by atoms with Crippen molar-refractivity contribution in [3.8, 4) is 0 Å². The van der Waals surface area contributed by atoms with Gasteiger partial charge in [-0.2, -0.15) is 0 Å². The topological polar surface area (TPSA) is 86.6 Å². The molecule has 34 heavy (non-hydrogen) atoms. The SMILES string of the molecule is CCn1cc(C(=O)OCc2ccccc2)c(=O)c2ccc(SCCNC(=O)OC(C)(C)C)cc21. The van der Waals surface area contributed by atoms with E-state index in [0.717, 1.165) is 16.0 Å². The average Bonchev–Trinajstić information content (AvgIpc) is 2.80. The van der Waals surface area contributed by atoms with Crippen molar-refractivity contribution in [1.82, 2.24) is 9.88 Å². The minimum atomic E-state index is -0.635. The highest BCUT2D eigenvalue weighted by molar-refractivity contribution is 7.99. The molecule has 3 rings (SSSR count). The standard InChI is InChI=1S/C26H30N2O5S/c1-5-28-16-21(24(30)32-17-18-9-7-6-8-10-18)23(29)20-12-11-19(15-22(20)28)34-14-13-27-25(31)33-26(2,3)4/h6-12,15-16H,5,13-14,17H2,1-4H3,(H,27,31). The maximum Gasteiger partial charge on any atom is 0.407 e. The molecule has 180 valence electrons. The summed E-state index contributed by atoms with van der Waals surface area (Å²) in [6.07, 6.45) is 1.12. The van der Waals surface area contributed by atoms with Crippen LogP contribution < -0.4 is 10.7 Å². The summed E-state index contributed by atoms with van der Waals surface area (Å²) < 4.78 is 12.5. The lowest BCUT2D eigenvalue weighted by molar-refractivity contribution is 0.0469. The van der Waals surface area contributed by atoms with Crippen molar-refractivity contribution in [2.24, 2.45) is 0 Å². The Morgan fingerprint density at radius 2 is 1.82 bits per heavy atom. The highest BCUT2D eigenvalue weighted by Gasteiger charge is 2.18. The van der Waals surface area contributed by atoms with Gasteiger partial charge >= 0.3 is 12.1 Å². The largest absolute Gasteiger partial charge is 0.457 e. The minimum Gasteiger partial charge on any atom is -0.457 e. The van der Waals surface area contributed by atoms with E-state index in [1.165, 1.54) is 0 Å². The number of benzene rings is 2. The van der Waals surface area contributed by atoms with Crippen LogP contribution in [0.2, 0.25) is 0 Å². The van der Waals surface area contributed by atoms with Gasteiger partial charge in [-0.1, -0.05) is 30.3 Å². The molecule has 7 nitrogen and oxygen atoms in total. The summed E-state index contributed by atoms with van der Waals surface area (Å²) in [5, 5.41) is 3.20. The van der Waals surface area contributed by atoms with Gasteiger partial charge < -0.3 is 19.4 Å². The molecule has 0 saturated heterocycles. The van der Waals surface area contributed by atoms with E-state index in [0.29, 0.717) is 24.2 Å². The van der Waals surface area contributed by atoms with Gasteiger partial charge in [0.1, 0.15) is 17.8 Å². The smallest absolute Gasteiger partial charge is 0.407 e. The molecule has 0 unspecified atom stereocenters. The lowest BCUT2D eigenvalue weighted by Crippen LogP contribution is -2.33. The van der Waals surface area contributed by atoms with E-state index in [4.69, 9.17) is 9.47 Å². The highest BCUT2D eigenvalue weighted by atomic mass is 32.2. The molecular weight excluding hydrogens is 452 g/mol. The zero-order valence-electron chi connectivity index (χ0n) is 19.9. The first-order valence-electron chi connectivity index (χ1n) is 11.2. The predicted molar refractivity (Wildman–Crippen MR) is 134 cm³/mol. The number of ether oxygens (including phenoxy) is 2. The number of pyridine rings is 1. The third kappa shape index (κ3) is 6.87. The molecule has 0 aliphatic heterocycles. The van der Waals surface area contributed by atoms with Crippen LogP contribution in [0.25, 0.3) is 10.9 Å². The summed E-state index contributed by atoms with van der Waals surface area (Å²) in [5.41, 5.74) is 0.743. The van der Waals surface area contributed by atoms with Crippen molar-refractivity contribution in [2.75, 3.05) is 12.3 Å². The quantitative estimate of drug-likeness (QED) is 0.276. The van der Waals surface area contributed by atoms with E-state index in [-0.39, 0.29) is 17.6 Å². The van der Waals surface area contributed by atoms with Crippen LogP contribution >= 0.6 is 11.8 Å². The molecule has 0 saturated carbocycles. The first-order valence-corrected chi connectivity index (χ1v) is 12.1. The second kappa shape index (κ2) is 11.2. The third-order valence-corrected chi connectivity index (χ3v) is 5.86. The van der Waals surface area contributed by atoms with E-state index in [2.05, 4.69) is 5.32 Å². The van der Waals surface area contributed by atoms with Crippen LogP contribution in [0.3, 0.4) is 0 Å². The van der Waals surface area contributed by atoms with E-state index < -0.39 is 17.7 Å². The minimum absolute atomic E-state index is 0.0206.